The number of ketones is 1. The van der Waals surface area contributed by atoms with E-state index in [1.54, 1.807) is 0 Å². The molecule has 3 N–H and O–H groups in total. The molecule has 4 nitrogen and oxygen atoms in total. The molecule has 0 saturated heterocycles. The van der Waals surface area contributed by atoms with Crippen LogP contribution in [-0.4, -0.2) is 39.9 Å². The predicted molar refractivity (Wildman–Crippen MR) is 94.7 cm³/mol. The van der Waals surface area contributed by atoms with Crippen molar-refractivity contribution >= 4 is 5.78 Å². The molecule has 0 aliphatic heterocycles. The van der Waals surface area contributed by atoms with Crippen LogP contribution in [0.1, 0.15) is 65.2 Å². The molecule has 0 aromatic carbocycles. The van der Waals surface area contributed by atoms with E-state index in [0.29, 0.717) is 30.1 Å². The molecular weight excluding hydrogens is 316 g/mol. The lowest BCUT2D eigenvalue weighted by molar-refractivity contribution is -0.179. The standard InChI is InChI=1S/C21H34O4/c1-20-8-7-13(23)9-12(20)3-4-14-15-5-6-16(18(25)11-22)21(15,2)10-17(24)19(14)20/h12-17,19,22-24H,3-11H2,1-2H3/t12-,13+,14-,15-,16+,17?,19?,20-,21-/m0/s1. The number of aliphatic hydroxyl groups is 3. The number of carbonyl (C=O) groups is 1. The number of hydrogen-bond donors (Lipinski definition) is 3. The number of hydrogen-bond acceptors (Lipinski definition) is 4. The van der Waals surface area contributed by atoms with Gasteiger partial charge in [0, 0.05) is 5.92 Å². The van der Waals surface area contributed by atoms with E-state index in [4.69, 9.17) is 0 Å². The van der Waals surface area contributed by atoms with Gasteiger partial charge in [0.15, 0.2) is 5.78 Å². The molecule has 0 radical (unpaired) electrons. The highest BCUT2D eigenvalue weighted by atomic mass is 16.3. The molecule has 4 rings (SSSR count). The summed E-state index contributed by atoms with van der Waals surface area (Å²) < 4.78 is 0. The van der Waals surface area contributed by atoms with Crippen molar-refractivity contribution in [2.24, 2.45) is 40.4 Å². The number of rotatable bonds is 2. The van der Waals surface area contributed by atoms with Crippen molar-refractivity contribution in [2.45, 2.75) is 77.4 Å². The zero-order chi connectivity index (χ0) is 18.0. The molecule has 2 unspecified atom stereocenters. The quantitative estimate of drug-likeness (QED) is 0.715. The molecule has 0 aromatic rings. The molecule has 9 atom stereocenters. The summed E-state index contributed by atoms with van der Waals surface area (Å²) in [6.45, 7) is 4.19. The van der Waals surface area contributed by atoms with Gasteiger partial charge in [0.25, 0.3) is 0 Å². The molecule has 4 heteroatoms. The Kier molecular flexibility index (Phi) is 4.33. The largest absolute Gasteiger partial charge is 0.393 e. The molecule has 0 bridgehead atoms. The minimum atomic E-state index is -0.366. The van der Waals surface area contributed by atoms with Crippen molar-refractivity contribution in [2.75, 3.05) is 6.61 Å². The van der Waals surface area contributed by atoms with Crippen LogP contribution in [0.15, 0.2) is 0 Å². The van der Waals surface area contributed by atoms with E-state index in [1.165, 1.54) is 0 Å². The monoisotopic (exact) mass is 350 g/mol. The Morgan fingerprint density at radius 2 is 1.80 bits per heavy atom. The Balaban J connectivity index is 1.65. The number of aliphatic hydroxyl groups excluding tert-OH is 3. The summed E-state index contributed by atoms with van der Waals surface area (Å²) in [5, 5.41) is 30.7. The number of carbonyl (C=O) groups excluding carboxylic acids is 1. The van der Waals surface area contributed by atoms with Gasteiger partial charge in [-0.25, -0.2) is 0 Å². The molecule has 142 valence electrons. The maximum atomic E-state index is 12.3. The fourth-order valence-corrected chi connectivity index (χ4v) is 8.00. The summed E-state index contributed by atoms with van der Waals surface area (Å²) >= 11 is 0. The van der Waals surface area contributed by atoms with E-state index >= 15 is 0 Å². The molecular formula is C21H34O4. The van der Waals surface area contributed by atoms with Gasteiger partial charge >= 0.3 is 0 Å². The number of fused-ring (bicyclic) bond motifs is 5. The first kappa shape index (κ1) is 17.9. The van der Waals surface area contributed by atoms with Gasteiger partial charge in [0.05, 0.1) is 12.2 Å². The minimum absolute atomic E-state index is 0.0312. The van der Waals surface area contributed by atoms with Gasteiger partial charge in [-0.05, 0) is 85.9 Å². The number of Topliss-reactive ketones (excluding diaryl/α,β-unsaturated/α-hetero) is 1. The molecule has 0 heterocycles. The topological polar surface area (TPSA) is 77.8 Å². The summed E-state index contributed by atoms with van der Waals surface area (Å²) in [4.78, 5) is 12.3. The van der Waals surface area contributed by atoms with Crippen molar-refractivity contribution in [3.05, 3.63) is 0 Å². The smallest absolute Gasteiger partial charge is 0.161 e. The molecule has 4 fully saturated rings. The Morgan fingerprint density at radius 3 is 2.52 bits per heavy atom. The summed E-state index contributed by atoms with van der Waals surface area (Å²) in [5.74, 6) is 1.69. The summed E-state index contributed by atoms with van der Waals surface area (Å²) in [6.07, 6.45) is 7.12. The predicted octanol–water partition coefficient (Wildman–Crippen LogP) is 2.54. The van der Waals surface area contributed by atoms with Gasteiger partial charge in [-0.15, -0.1) is 0 Å². The Morgan fingerprint density at radius 1 is 1.04 bits per heavy atom. The maximum Gasteiger partial charge on any atom is 0.161 e. The first-order chi connectivity index (χ1) is 11.8. The van der Waals surface area contributed by atoms with Crippen LogP contribution in [0.2, 0.25) is 0 Å². The van der Waals surface area contributed by atoms with Crippen LogP contribution in [0.25, 0.3) is 0 Å². The van der Waals surface area contributed by atoms with E-state index in [2.05, 4.69) is 13.8 Å². The Labute approximate surface area is 151 Å². The van der Waals surface area contributed by atoms with E-state index < -0.39 is 0 Å². The normalized spacial score (nSPS) is 55.2. The van der Waals surface area contributed by atoms with Gasteiger partial charge in [-0.2, -0.15) is 0 Å². The third kappa shape index (κ3) is 2.47. The van der Waals surface area contributed by atoms with Gasteiger partial charge in [0.2, 0.25) is 0 Å². The zero-order valence-electron chi connectivity index (χ0n) is 15.7. The molecule has 25 heavy (non-hydrogen) atoms. The van der Waals surface area contributed by atoms with Crippen LogP contribution < -0.4 is 0 Å². The molecule has 0 spiro atoms. The maximum absolute atomic E-state index is 12.3. The summed E-state index contributed by atoms with van der Waals surface area (Å²) in [7, 11) is 0. The lowest BCUT2D eigenvalue weighted by Crippen LogP contribution is -2.59. The summed E-state index contributed by atoms with van der Waals surface area (Å²) in [6, 6.07) is 0. The van der Waals surface area contributed by atoms with Gasteiger partial charge in [0.1, 0.15) is 6.61 Å². The van der Waals surface area contributed by atoms with Gasteiger partial charge in [-0.1, -0.05) is 13.8 Å². The third-order valence-electron chi connectivity index (χ3n) is 9.11. The van der Waals surface area contributed by atoms with E-state index in [0.717, 1.165) is 44.9 Å². The first-order valence-electron chi connectivity index (χ1n) is 10.3. The first-order valence-corrected chi connectivity index (χ1v) is 10.3. The molecule has 0 amide bonds. The lowest BCUT2D eigenvalue weighted by Gasteiger charge is -2.62. The van der Waals surface area contributed by atoms with Crippen LogP contribution >= 0.6 is 0 Å². The Bertz CT molecular complexity index is 548. The highest BCUT2D eigenvalue weighted by molar-refractivity contribution is 5.83. The fourth-order valence-electron chi connectivity index (χ4n) is 8.00. The highest BCUT2D eigenvalue weighted by Crippen LogP contribution is 2.67. The second-order valence-corrected chi connectivity index (χ2v) is 10.0. The minimum Gasteiger partial charge on any atom is -0.393 e. The average Bonchev–Trinajstić information content (AvgIpc) is 2.91. The second-order valence-electron chi connectivity index (χ2n) is 10.0. The van der Waals surface area contributed by atoms with Crippen molar-refractivity contribution in [3.8, 4) is 0 Å². The van der Waals surface area contributed by atoms with Crippen molar-refractivity contribution < 1.29 is 20.1 Å². The summed E-state index contributed by atoms with van der Waals surface area (Å²) in [5.41, 5.74) is -0.0280. The van der Waals surface area contributed by atoms with Crippen LogP contribution in [0.5, 0.6) is 0 Å². The average molecular weight is 350 g/mol. The van der Waals surface area contributed by atoms with Crippen LogP contribution in [0, 0.1) is 40.4 Å². The second kappa shape index (κ2) is 6.03. The Hall–Kier alpha value is -0.450. The molecule has 4 aliphatic rings. The van der Waals surface area contributed by atoms with E-state index in [-0.39, 0.29) is 41.3 Å². The van der Waals surface area contributed by atoms with E-state index in [9.17, 15) is 20.1 Å². The van der Waals surface area contributed by atoms with Crippen LogP contribution in [0.3, 0.4) is 0 Å². The van der Waals surface area contributed by atoms with Crippen LogP contribution in [-0.2, 0) is 4.79 Å². The lowest BCUT2D eigenvalue weighted by atomic mass is 9.44. The molecule has 0 aromatic heterocycles. The highest BCUT2D eigenvalue weighted by Gasteiger charge is 2.63. The molecule has 4 saturated carbocycles. The van der Waals surface area contributed by atoms with Gasteiger partial charge < -0.3 is 15.3 Å². The third-order valence-corrected chi connectivity index (χ3v) is 9.11. The zero-order valence-corrected chi connectivity index (χ0v) is 15.7. The molecule has 4 aliphatic carbocycles. The SMILES string of the molecule is C[C@]12CC(O)C3[C@@H](CC[C@H]4C[C@H](O)CC[C@]34C)[C@@H]1CC[C@@H]2C(=O)CO. The van der Waals surface area contributed by atoms with E-state index in [1.807, 2.05) is 0 Å². The fraction of sp³-hybridized carbons (Fsp3) is 0.952. The van der Waals surface area contributed by atoms with Crippen molar-refractivity contribution in [1.82, 2.24) is 0 Å². The van der Waals surface area contributed by atoms with Crippen molar-refractivity contribution in [1.29, 1.82) is 0 Å². The van der Waals surface area contributed by atoms with Crippen molar-refractivity contribution in [3.63, 3.8) is 0 Å². The van der Waals surface area contributed by atoms with Gasteiger partial charge in [-0.3, -0.25) is 4.79 Å². The van der Waals surface area contributed by atoms with Crippen LogP contribution in [0.4, 0.5) is 0 Å².